The van der Waals surface area contributed by atoms with Crippen LogP contribution in [0.2, 0.25) is 0 Å². The Morgan fingerprint density at radius 1 is 1.06 bits per heavy atom. The molecule has 0 spiro atoms. The fourth-order valence-electron chi connectivity index (χ4n) is 4.17. The number of aliphatic hydroxyl groups is 1. The van der Waals surface area contributed by atoms with Crippen LogP contribution in [-0.2, 0) is 16.1 Å². The number of benzene rings is 2. The van der Waals surface area contributed by atoms with E-state index in [4.69, 9.17) is 14.2 Å². The van der Waals surface area contributed by atoms with Gasteiger partial charge in [-0.05, 0) is 53.8 Å². The van der Waals surface area contributed by atoms with Gasteiger partial charge >= 0.3 is 0 Å². The normalized spacial score (nSPS) is 17.1. The maximum Gasteiger partial charge on any atom is 0.295 e. The molecule has 4 rings (SSSR count). The molecule has 9 heteroatoms. The molecule has 1 aromatic heterocycles. The minimum atomic E-state index is -0.866. The Labute approximate surface area is 215 Å². The van der Waals surface area contributed by atoms with Crippen molar-refractivity contribution < 1.29 is 28.9 Å². The van der Waals surface area contributed by atoms with Crippen molar-refractivity contribution in [3.63, 3.8) is 0 Å². The summed E-state index contributed by atoms with van der Waals surface area (Å²) >= 11 is 4.94. The Bertz CT molecular complexity index is 1290. The molecule has 1 atom stereocenters. The van der Waals surface area contributed by atoms with Crippen molar-refractivity contribution in [1.82, 2.24) is 4.90 Å². The summed E-state index contributed by atoms with van der Waals surface area (Å²) in [4.78, 5) is 29.0. The Kier molecular flexibility index (Phi) is 7.18. The molecule has 0 saturated carbocycles. The number of methoxy groups -OCH3 is 3. The van der Waals surface area contributed by atoms with Crippen molar-refractivity contribution in [2.45, 2.75) is 19.5 Å². The zero-order valence-electron chi connectivity index (χ0n) is 19.6. The summed E-state index contributed by atoms with van der Waals surface area (Å²) in [7, 11) is 4.49. The number of ether oxygens (including phenoxy) is 3. The van der Waals surface area contributed by atoms with Crippen LogP contribution in [0.4, 0.5) is 0 Å². The van der Waals surface area contributed by atoms with E-state index in [0.29, 0.717) is 28.4 Å². The lowest BCUT2D eigenvalue weighted by Gasteiger charge is -2.26. The molecular weight excluding hydrogens is 534 g/mol. The third-order valence-corrected chi connectivity index (χ3v) is 7.63. The van der Waals surface area contributed by atoms with Gasteiger partial charge in [0.05, 0.1) is 39.5 Å². The number of halogens is 1. The number of aryl methyl sites for hydroxylation is 1. The number of thiophene rings is 1. The highest BCUT2D eigenvalue weighted by atomic mass is 79.9. The number of carbonyl (C=O) groups excluding carboxylic acids is 2. The third kappa shape index (κ3) is 4.53. The minimum absolute atomic E-state index is 0.00236. The molecule has 35 heavy (non-hydrogen) atoms. The summed E-state index contributed by atoms with van der Waals surface area (Å²) in [6.45, 7) is 2.09. The first-order valence-corrected chi connectivity index (χ1v) is 12.3. The molecule has 1 N–H and O–H groups in total. The predicted octanol–water partition coefficient (Wildman–Crippen LogP) is 5.47. The van der Waals surface area contributed by atoms with Crippen LogP contribution in [0.25, 0.3) is 5.76 Å². The Hall–Kier alpha value is -3.30. The van der Waals surface area contributed by atoms with Crippen molar-refractivity contribution in [2.75, 3.05) is 21.3 Å². The quantitative estimate of drug-likeness (QED) is 0.235. The van der Waals surface area contributed by atoms with Crippen LogP contribution in [0, 0.1) is 6.92 Å². The number of ketones is 1. The zero-order valence-corrected chi connectivity index (χ0v) is 22.0. The number of hydrogen-bond donors (Lipinski definition) is 1. The standard InChI is InChI=1S/C26H24BrNO6S/c1-14-10-15(7-8-18(14)27)23(29)21-22(16-11-19(32-2)25(34-4)20(12-16)33-3)28(26(31)24(21)30)13-17-6-5-9-35-17/h5-12,22,29H,13H2,1-4H3/b23-21+. The second kappa shape index (κ2) is 10.1. The molecular formula is C26H24BrNO6S. The smallest absolute Gasteiger partial charge is 0.295 e. The van der Waals surface area contributed by atoms with Crippen LogP contribution in [-0.4, -0.2) is 43.0 Å². The van der Waals surface area contributed by atoms with Gasteiger partial charge in [-0.2, -0.15) is 0 Å². The summed E-state index contributed by atoms with van der Waals surface area (Å²) in [5.41, 5.74) is 1.87. The van der Waals surface area contributed by atoms with Crippen LogP contribution in [0.3, 0.4) is 0 Å². The van der Waals surface area contributed by atoms with Crippen LogP contribution >= 0.6 is 27.3 Å². The van der Waals surface area contributed by atoms with Crippen LogP contribution in [0.1, 0.15) is 27.6 Å². The second-order valence-electron chi connectivity index (χ2n) is 7.93. The number of likely N-dealkylation sites (tertiary alicyclic amines) is 1. The first kappa shape index (κ1) is 24.8. The number of nitrogens with zero attached hydrogens (tertiary/aromatic N) is 1. The molecule has 1 aliphatic heterocycles. The summed E-state index contributed by atoms with van der Waals surface area (Å²) in [5.74, 6) is -0.541. The lowest BCUT2D eigenvalue weighted by molar-refractivity contribution is -0.140. The van der Waals surface area contributed by atoms with E-state index in [1.54, 1.807) is 30.3 Å². The van der Waals surface area contributed by atoms with Gasteiger partial charge in [0.2, 0.25) is 5.75 Å². The van der Waals surface area contributed by atoms with Gasteiger partial charge in [0.1, 0.15) is 5.76 Å². The van der Waals surface area contributed by atoms with Gasteiger partial charge in [-0.3, -0.25) is 9.59 Å². The highest BCUT2D eigenvalue weighted by Gasteiger charge is 2.46. The first-order valence-electron chi connectivity index (χ1n) is 10.7. The van der Waals surface area contributed by atoms with E-state index < -0.39 is 17.7 Å². The van der Waals surface area contributed by atoms with E-state index in [1.807, 2.05) is 24.4 Å². The van der Waals surface area contributed by atoms with Crippen molar-refractivity contribution in [3.05, 3.63) is 79.5 Å². The molecule has 0 aliphatic carbocycles. The molecule has 1 fully saturated rings. The number of carbonyl (C=O) groups is 2. The van der Waals surface area contributed by atoms with E-state index in [9.17, 15) is 14.7 Å². The minimum Gasteiger partial charge on any atom is -0.507 e. The molecule has 3 aromatic rings. The van der Waals surface area contributed by atoms with E-state index in [-0.39, 0.29) is 17.9 Å². The number of hydrogen-bond acceptors (Lipinski definition) is 7. The molecule has 1 aliphatic rings. The molecule has 1 unspecified atom stereocenters. The van der Waals surface area contributed by atoms with Gasteiger partial charge in [-0.15, -0.1) is 11.3 Å². The van der Waals surface area contributed by atoms with Crippen LogP contribution in [0.5, 0.6) is 17.2 Å². The Morgan fingerprint density at radius 2 is 1.74 bits per heavy atom. The third-order valence-electron chi connectivity index (χ3n) is 5.88. The molecule has 0 radical (unpaired) electrons. The highest BCUT2D eigenvalue weighted by molar-refractivity contribution is 9.10. The maximum atomic E-state index is 13.3. The monoisotopic (exact) mass is 557 g/mol. The topological polar surface area (TPSA) is 85.3 Å². The van der Waals surface area contributed by atoms with Gasteiger partial charge in [0.25, 0.3) is 11.7 Å². The number of rotatable bonds is 7. The van der Waals surface area contributed by atoms with E-state index >= 15 is 0 Å². The Morgan fingerprint density at radius 3 is 2.29 bits per heavy atom. The highest BCUT2D eigenvalue weighted by Crippen LogP contribution is 2.46. The van der Waals surface area contributed by atoms with Gasteiger partial charge < -0.3 is 24.2 Å². The SMILES string of the molecule is COc1cc(C2/C(=C(\O)c3ccc(Br)c(C)c3)C(=O)C(=O)N2Cc2cccs2)cc(OC)c1OC. The summed E-state index contributed by atoms with van der Waals surface area (Å²) < 4.78 is 17.3. The van der Waals surface area contributed by atoms with Crippen molar-refractivity contribution in [2.24, 2.45) is 0 Å². The lowest BCUT2D eigenvalue weighted by atomic mass is 9.94. The van der Waals surface area contributed by atoms with E-state index in [0.717, 1.165) is 14.9 Å². The summed E-state index contributed by atoms with van der Waals surface area (Å²) in [5, 5.41) is 13.2. The van der Waals surface area contributed by atoms with Gasteiger partial charge in [-0.25, -0.2) is 0 Å². The molecule has 182 valence electrons. The molecule has 2 heterocycles. The number of aliphatic hydroxyl groups excluding tert-OH is 1. The average molecular weight is 558 g/mol. The first-order chi connectivity index (χ1) is 16.8. The summed E-state index contributed by atoms with van der Waals surface area (Å²) in [6, 6.07) is 11.6. The number of amides is 1. The van der Waals surface area contributed by atoms with Gasteiger partial charge in [-0.1, -0.05) is 28.1 Å². The molecule has 1 amide bonds. The maximum absolute atomic E-state index is 13.3. The zero-order chi connectivity index (χ0) is 25.3. The lowest BCUT2D eigenvalue weighted by Crippen LogP contribution is -2.29. The average Bonchev–Trinajstić information content (AvgIpc) is 3.46. The van der Waals surface area contributed by atoms with E-state index in [1.165, 1.54) is 37.6 Å². The fraction of sp³-hybridized carbons (Fsp3) is 0.231. The fourth-order valence-corrected chi connectivity index (χ4v) is 5.12. The second-order valence-corrected chi connectivity index (χ2v) is 9.82. The molecule has 7 nitrogen and oxygen atoms in total. The van der Waals surface area contributed by atoms with Crippen molar-refractivity contribution >= 4 is 44.7 Å². The van der Waals surface area contributed by atoms with Crippen molar-refractivity contribution in [3.8, 4) is 17.2 Å². The van der Waals surface area contributed by atoms with Crippen molar-refractivity contribution in [1.29, 1.82) is 0 Å². The molecule has 1 saturated heterocycles. The van der Waals surface area contributed by atoms with Gasteiger partial charge in [0.15, 0.2) is 11.5 Å². The number of Topliss-reactive ketones (excluding diaryl/α,β-unsaturated/α-hetero) is 1. The van der Waals surface area contributed by atoms with Crippen LogP contribution in [0.15, 0.2) is 57.9 Å². The molecule has 0 bridgehead atoms. The van der Waals surface area contributed by atoms with Crippen LogP contribution < -0.4 is 14.2 Å². The van der Waals surface area contributed by atoms with Gasteiger partial charge in [0, 0.05) is 14.9 Å². The predicted molar refractivity (Wildman–Crippen MR) is 137 cm³/mol. The summed E-state index contributed by atoms with van der Waals surface area (Å²) in [6.07, 6.45) is 0. The molecule has 2 aromatic carbocycles. The largest absolute Gasteiger partial charge is 0.507 e. The Balaban J connectivity index is 1.95. The van der Waals surface area contributed by atoms with E-state index in [2.05, 4.69) is 15.9 Å².